The summed E-state index contributed by atoms with van der Waals surface area (Å²) < 4.78 is 37.9. The molecule has 0 radical (unpaired) electrons. The summed E-state index contributed by atoms with van der Waals surface area (Å²) in [4.78, 5) is 5.91. The normalized spacial score (nSPS) is 15.8. The van der Waals surface area contributed by atoms with Crippen LogP contribution in [0.15, 0.2) is 23.2 Å². The van der Waals surface area contributed by atoms with E-state index < -0.39 is 11.7 Å². The lowest BCUT2D eigenvalue weighted by molar-refractivity contribution is -0.137. The third-order valence-electron chi connectivity index (χ3n) is 2.62. The zero-order chi connectivity index (χ0) is 13.3. The molecule has 0 aromatic heterocycles. The summed E-state index contributed by atoms with van der Waals surface area (Å²) in [6.45, 7) is 0.708. The van der Waals surface area contributed by atoms with Crippen molar-refractivity contribution in [3.63, 3.8) is 0 Å². The van der Waals surface area contributed by atoms with E-state index in [0.29, 0.717) is 17.4 Å². The molecule has 1 aliphatic heterocycles. The predicted octanol–water partition coefficient (Wildman–Crippen LogP) is 3.26. The van der Waals surface area contributed by atoms with Crippen LogP contribution < -0.4 is 10.6 Å². The van der Waals surface area contributed by atoms with E-state index in [2.05, 4.69) is 4.99 Å². The molecule has 0 saturated carbocycles. The van der Waals surface area contributed by atoms with Gasteiger partial charge in [0, 0.05) is 19.3 Å². The van der Waals surface area contributed by atoms with Crippen LogP contribution in [0.5, 0.6) is 0 Å². The van der Waals surface area contributed by atoms with Gasteiger partial charge in [-0.2, -0.15) is 13.2 Å². The number of hydrogen-bond acceptors (Lipinski definition) is 4. The smallest absolute Gasteiger partial charge is 0.378 e. The van der Waals surface area contributed by atoms with Gasteiger partial charge in [0.1, 0.15) is 0 Å². The van der Waals surface area contributed by atoms with Gasteiger partial charge in [0.15, 0.2) is 5.17 Å². The third-order valence-corrected chi connectivity index (χ3v) is 3.40. The largest absolute Gasteiger partial charge is 0.416 e. The van der Waals surface area contributed by atoms with E-state index in [1.54, 1.807) is 0 Å². The van der Waals surface area contributed by atoms with Gasteiger partial charge >= 0.3 is 6.18 Å². The number of alkyl halides is 3. The summed E-state index contributed by atoms with van der Waals surface area (Å²) >= 11 is 1.34. The molecule has 0 aliphatic carbocycles. The molecule has 1 aromatic carbocycles. The molecule has 106 valence electrons. The van der Waals surface area contributed by atoms with Crippen molar-refractivity contribution in [1.29, 1.82) is 0 Å². The van der Waals surface area contributed by atoms with Crippen LogP contribution in [-0.2, 0) is 6.18 Å². The van der Waals surface area contributed by atoms with Gasteiger partial charge in [-0.1, -0.05) is 11.8 Å². The molecule has 0 spiro atoms. The molecule has 1 aliphatic rings. The van der Waals surface area contributed by atoms with Gasteiger partial charge in [0.05, 0.1) is 16.9 Å². The van der Waals surface area contributed by atoms with Gasteiger partial charge in [-0.05, 0) is 18.2 Å². The molecule has 0 fully saturated rings. The molecule has 0 amide bonds. The Labute approximate surface area is 119 Å². The number of nitrogens with two attached hydrogens (primary N) is 1. The summed E-state index contributed by atoms with van der Waals surface area (Å²) in [6.07, 6.45) is -4.37. The van der Waals surface area contributed by atoms with Crippen molar-refractivity contribution in [2.24, 2.45) is 10.7 Å². The Morgan fingerprint density at radius 3 is 2.68 bits per heavy atom. The van der Waals surface area contributed by atoms with Gasteiger partial charge in [-0.3, -0.25) is 0 Å². The number of thioether (sulfide) groups is 1. The Bertz CT molecular complexity index is 491. The van der Waals surface area contributed by atoms with Crippen molar-refractivity contribution in [2.45, 2.75) is 6.18 Å². The number of rotatable bonds is 0. The van der Waals surface area contributed by atoms with Crippen LogP contribution in [0.1, 0.15) is 5.56 Å². The average Bonchev–Trinajstić information content (AvgIpc) is 2.25. The van der Waals surface area contributed by atoms with Gasteiger partial charge in [-0.25, -0.2) is 4.99 Å². The first-order valence-corrected chi connectivity index (χ1v) is 6.26. The zero-order valence-corrected chi connectivity index (χ0v) is 11.7. The Kier molecular flexibility index (Phi) is 4.98. The third kappa shape index (κ3) is 3.70. The van der Waals surface area contributed by atoms with E-state index in [-0.39, 0.29) is 18.1 Å². The molecule has 1 aromatic rings. The SMILES string of the molecule is CN1CCSC(N)=Nc2cc(C(F)(F)F)ccc21.Cl. The van der Waals surface area contributed by atoms with Crippen molar-refractivity contribution >= 4 is 40.7 Å². The molecule has 19 heavy (non-hydrogen) atoms. The van der Waals surface area contributed by atoms with E-state index in [9.17, 15) is 13.2 Å². The molecule has 1 heterocycles. The number of hydrogen-bond donors (Lipinski definition) is 1. The minimum absolute atomic E-state index is 0. The van der Waals surface area contributed by atoms with Crippen molar-refractivity contribution < 1.29 is 13.2 Å². The van der Waals surface area contributed by atoms with E-state index in [4.69, 9.17) is 5.73 Å². The molecular weight excluding hydrogens is 299 g/mol. The van der Waals surface area contributed by atoms with Crippen LogP contribution in [0, 0.1) is 0 Å². The molecule has 2 rings (SSSR count). The maximum Gasteiger partial charge on any atom is 0.416 e. The van der Waals surface area contributed by atoms with Gasteiger partial charge in [-0.15, -0.1) is 12.4 Å². The first-order chi connectivity index (χ1) is 8.38. The Hall–Kier alpha value is -1.08. The Morgan fingerprint density at radius 2 is 2.05 bits per heavy atom. The first-order valence-electron chi connectivity index (χ1n) is 5.27. The number of halogens is 4. The van der Waals surface area contributed by atoms with E-state index in [0.717, 1.165) is 17.9 Å². The summed E-state index contributed by atoms with van der Waals surface area (Å²) in [7, 11) is 1.82. The first kappa shape index (κ1) is 16.0. The van der Waals surface area contributed by atoms with Crippen LogP contribution in [-0.4, -0.2) is 24.5 Å². The quantitative estimate of drug-likeness (QED) is 0.799. The lowest BCUT2D eigenvalue weighted by Crippen LogP contribution is -2.24. The summed E-state index contributed by atoms with van der Waals surface area (Å²) in [5.41, 5.74) is 5.85. The average molecular weight is 312 g/mol. The molecule has 0 saturated heterocycles. The number of benzene rings is 1. The Balaban J connectivity index is 0.00000180. The maximum absolute atomic E-state index is 12.6. The second kappa shape index (κ2) is 5.92. The highest BCUT2D eigenvalue weighted by atomic mass is 35.5. The van der Waals surface area contributed by atoms with Gasteiger partial charge in [0.25, 0.3) is 0 Å². The molecule has 8 heteroatoms. The van der Waals surface area contributed by atoms with Crippen molar-refractivity contribution in [3.05, 3.63) is 23.8 Å². The van der Waals surface area contributed by atoms with Gasteiger partial charge < -0.3 is 10.6 Å². The monoisotopic (exact) mass is 311 g/mol. The van der Waals surface area contributed by atoms with E-state index >= 15 is 0 Å². The molecular formula is C11H13ClF3N3S. The van der Waals surface area contributed by atoms with Crippen LogP contribution in [0.25, 0.3) is 0 Å². The zero-order valence-electron chi connectivity index (χ0n) is 10.1. The van der Waals surface area contributed by atoms with Crippen LogP contribution in [0.4, 0.5) is 24.5 Å². The standard InChI is InChI=1S/C11H12F3N3S.ClH/c1-17-4-5-18-10(15)16-8-6-7(11(12,13)14)2-3-9(8)17;/h2-3,6H,4-5H2,1H3,(H2,15,16);1H. The van der Waals surface area contributed by atoms with Crippen molar-refractivity contribution in [2.75, 3.05) is 24.2 Å². The summed E-state index contributed by atoms with van der Waals surface area (Å²) in [5.74, 6) is 0.756. The second-order valence-corrected chi connectivity index (χ2v) is 5.04. The fourth-order valence-corrected chi connectivity index (χ4v) is 2.41. The molecule has 0 unspecified atom stereocenters. The number of aliphatic imine (C=N–C) groups is 1. The minimum atomic E-state index is -4.37. The number of amidine groups is 1. The second-order valence-electron chi connectivity index (χ2n) is 3.92. The minimum Gasteiger partial charge on any atom is -0.378 e. The fourth-order valence-electron chi connectivity index (χ4n) is 1.67. The van der Waals surface area contributed by atoms with Crippen LogP contribution in [0.2, 0.25) is 0 Å². The van der Waals surface area contributed by atoms with Crippen molar-refractivity contribution in [3.8, 4) is 0 Å². The van der Waals surface area contributed by atoms with E-state index in [1.165, 1.54) is 17.8 Å². The van der Waals surface area contributed by atoms with Crippen LogP contribution in [0.3, 0.4) is 0 Å². The lowest BCUT2D eigenvalue weighted by atomic mass is 10.1. The highest BCUT2D eigenvalue weighted by Gasteiger charge is 2.31. The number of nitrogens with zero attached hydrogens (tertiary/aromatic N) is 2. The predicted molar refractivity (Wildman–Crippen MR) is 75.7 cm³/mol. The van der Waals surface area contributed by atoms with Gasteiger partial charge in [0.2, 0.25) is 0 Å². The molecule has 3 nitrogen and oxygen atoms in total. The summed E-state index contributed by atoms with van der Waals surface area (Å²) in [5, 5.41) is 0.295. The summed E-state index contributed by atoms with van der Waals surface area (Å²) in [6, 6.07) is 3.53. The molecule has 0 atom stereocenters. The highest BCUT2D eigenvalue weighted by molar-refractivity contribution is 8.13. The molecule has 2 N–H and O–H groups in total. The number of anilines is 1. The van der Waals surface area contributed by atoms with Crippen LogP contribution >= 0.6 is 24.2 Å². The number of fused-ring (bicyclic) bond motifs is 1. The highest BCUT2D eigenvalue weighted by Crippen LogP contribution is 2.37. The molecule has 0 bridgehead atoms. The van der Waals surface area contributed by atoms with Crippen molar-refractivity contribution in [1.82, 2.24) is 0 Å². The topological polar surface area (TPSA) is 41.6 Å². The lowest BCUT2D eigenvalue weighted by Gasteiger charge is -2.23. The van der Waals surface area contributed by atoms with E-state index in [1.807, 2.05) is 11.9 Å². The maximum atomic E-state index is 12.6. The Morgan fingerprint density at radius 1 is 1.37 bits per heavy atom. The fraction of sp³-hybridized carbons (Fsp3) is 0.364.